The normalized spacial score (nSPS) is 28.8. The molecule has 4 nitrogen and oxygen atoms in total. The molecule has 0 radical (unpaired) electrons. The highest BCUT2D eigenvalue weighted by atomic mass is 16.6. The SMILES string of the molecule is COCC(C)OC(=O)C1(C)CCNC1. The van der Waals surface area contributed by atoms with E-state index in [1.165, 1.54) is 0 Å². The smallest absolute Gasteiger partial charge is 0.313 e. The molecule has 0 amide bonds. The third-order valence-corrected chi connectivity index (χ3v) is 2.57. The fraction of sp³-hybridized carbons (Fsp3) is 0.900. The van der Waals surface area contributed by atoms with Crippen LogP contribution in [0.25, 0.3) is 0 Å². The molecule has 1 aliphatic rings. The summed E-state index contributed by atoms with van der Waals surface area (Å²) in [5, 5.41) is 3.17. The van der Waals surface area contributed by atoms with Crippen molar-refractivity contribution in [1.29, 1.82) is 0 Å². The number of hydrogen-bond donors (Lipinski definition) is 1. The first-order valence-electron chi connectivity index (χ1n) is 4.99. The van der Waals surface area contributed by atoms with E-state index in [4.69, 9.17) is 9.47 Å². The van der Waals surface area contributed by atoms with Gasteiger partial charge in [0.1, 0.15) is 6.10 Å². The average molecular weight is 201 g/mol. The van der Waals surface area contributed by atoms with Crippen molar-refractivity contribution in [2.24, 2.45) is 5.41 Å². The summed E-state index contributed by atoms with van der Waals surface area (Å²) >= 11 is 0. The van der Waals surface area contributed by atoms with Crippen LogP contribution in [0.5, 0.6) is 0 Å². The zero-order valence-corrected chi connectivity index (χ0v) is 9.13. The van der Waals surface area contributed by atoms with Gasteiger partial charge in [-0.05, 0) is 26.8 Å². The van der Waals surface area contributed by atoms with Crippen LogP contribution in [0.4, 0.5) is 0 Å². The number of methoxy groups -OCH3 is 1. The summed E-state index contributed by atoms with van der Waals surface area (Å²) in [6, 6.07) is 0. The van der Waals surface area contributed by atoms with Gasteiger partial charge in [0.2, 0.25) is 0 Å². The van der Waals surface area contributed by atoms with Crippen molar-refractivity contribution in [2.75, 3.05) is 26.8 Å². The zero-order chi connectivity index (χ0) is 10.6. The van der Waals surface area contributed by atoms with Gasteiger partial charge in [0.25, 0.3) is 0 Å². The molecule has 1 N–H and O–H groups in total. The predicted molar refractivity (Wildman–Crippen MR) is 53.0 cm³/mol. The predicted octanol–water partition coefficient (Wildman–Crippen LogP) is 0.564. The minimum Gasteiger partial charge on any atom is -0.460 e. The van der Waals surface area contributed by atoms with E-state index in [2.05, 4.69) is 5.32 Å². The molecule has 2 unspecified atom stereocenters. The van der Waals surface area contributed by atoms with Gasteiger partial charge in [0, 0.05) is 13.7 Å². The molecule has 1 saturated heterocycles. The molecule has 0 aromatic carbocycles. The molecule has 0 aromatic heterocycles. The second-order valence-corrected chi connectivity index (χ2v) is 4.16. The molecule has 14 heavy (non-hydrogen) atoms. The molecule has 0 aromatic rings. The molecule has 4 heteroatoms. The van der Waals surface area contributed by atoms with Crippen LogP contribution >= 0.6 is 0 Å². The first-order chi connectivity index (χ1) is 6.58. The van der Waals surface area contributed by atoms with Crippen molar-refractivity contribution >= 4 is 5.97 Å². The Morgan fingerprint density at radius 1 is 1.64 bits per heavy atom. The maximum absolute atomic E-state index is 11.7. The Labute approximate surface area is 85.0 Å². The van der Waals surface area contributed by atoms with Crippen molar-refractivity contribution in [3.63, 3.8) is 0 Å². The van der Waals surface area contributed by atoms with Crippen LogP contribution in [0.2, 0.25) is 0 Å². The summed E-state index contributed by atoms with van der Waals surface area (Å²) in [6.45, 7) is 5.84. The minimum absolute atomic E-state index is 0.118. The van der Waals surface area contributed by atoms with Gasteiger partial charge < -0.3 is 14.8 Å². The van der Waals surface area contributed by atoms with Crippen molar-refractivity contribution in [3.8, 4) is 0 Å². The molecule has 1 fully saturated rings. The fourth-order valence-corrected chi connectivity index (χ4v) is 1.58. The van der Waals surface area contributed by atoms with Crippen LogP contribution in [-0.2, 0) is 14.3 Å². The lowest BCUT2D eigenvalue weighted by atomic mass is 9.90. The summed E-state index contributed by atoms with van der Waals surface area (Å²) in [7, 11) is 1.60. The van der Waals surface area contributed by atoms with E-state index in [0.717, 1.165) is 13.0 Å². The van der Waals surface area contributed by atoms with Gasteiger partial charge >= 0.3 is 5.97 Å². The average Bonchev–Trinajstić information content (AvgIpc) is 2.54. The summed E-state index contributed by atoms with van der Waals surface area (Å²) in [5.41, 5.74) is -0.345. The number of carbonyl (C=O) groups excluding carboxylic acids is 1. The summed E-state index contributed by atoms with van der Waals surface area (Å²) < 4.78 is 10.2. The summed E-state index contributed by atoms with van der Waals surface area (Å²) in [4.78, 5) is 11.7. The number of ether oxygens (including phenoxy) is 2. The van der Waals surface area contributed by atoms with E-state index < -0.39 is 0 Å². The van der Waals surface area contributed by atoms with Gasteiger partial charge in [-0.2, -0.15) is 0 Å². The third-order valence-electron chi connectivity index (χ3n) is 2.57. The maximum atomic E-state index is 11.7. The Morgan fingerprint density at radius 2 is 2.36 bits per heavy atom. The van der Waals surface area contributed by atoms with Gasteiger partial charge in [0.15, 0.2) is 0 Å². The third kappa shape index (κ3) is 2.69. The molecule has 2 atom stereocenters. The van der Waals surface area contributed by atoms with Crippen LogP contribution in [0.3, 0.4) is 0 Å². The monoisotopic (exact) mass is 201 g/mol. The summed E-state index contributed by atoms with van der Waals surface area (Å²) in [5.74, 6) is -0.118. The number of hydrogen-bond acceptors (Lipinski definition) is 4. The molecule has 1 heterocycles. The van der Waals surface area contributed by atoms with Gasteiger partial charge in [0.05, 0.1) is 12.0 Å². The molecule has 0 aliphatic carbocycles. The van der Waals surface area contributed by atoms with E-state index in [-0.39, 0.29) is 17.5 Å². The first-order valence-corrected chi connectivity index (χ1v) is 4.99. The van der Waals surface area contributed by atoms with Gasteiger partial charge in [-0.1, -0.05) is 0 Å². The molecule has 0 bridgehead atoms. The lowest BCUT2D eigenvalue weighted by molar-refractivity contribution is -0.160. The summed E-state index contributed by atoms with van der Waals surface area (Å²) in [6.07, 6.45) is 0.691. The van der Waals surface area contributed by atoms with Gasteiger partial charge in [-0.15, -0.1) is 0 Å². The molecule has 0 spiro atoms. The van der Waals surface area contributed by atoms with E-state index in [1.54, 1.807) is 7.11 Å². The quantitative estimate of drug-likeness (QED) is 0.675. The molecular formula is C10H19NO3. The Balaban J connectivity index is 2.40. The standard InChI is InChI=1S/C10H19NO3/c1-8(6-13-3)14-9(12)10(2)4-5-11-7-10/h8,11H,4-7H2,1-3H3. The van der Waals surface area contributed by atoms with E-state index in [9.17, 15) is 4.79 Å². The maximum Gasteiger partial charge on any atom is 0.313 e. The van der Waals surface area contributed by atoms with Crippen LogP contribution in [0, 0.1) is 5.41 Å². The number of carbonyl (C=O) groups is 1. The molecule has 1 aliphatic heterocycles. The number of nitrogens with one attached hydrogen (secondary N) is 1. The number of rotatable bonds is 4. The van der Waals surface area contributed by atoms with Crippen molar-refractivity contribution in [3.05, 3.63) is 0 Å². The Hall–Kier alpha value is -0.610. The highest BCUT2D eigenvalue weighted by molar-refractivity contribution is 5.77. The minimum atomic E-state index is -0.345. The van der Waals surface area contributed by atoms with Crippen molar-refractivity contribution in [1.82, 2.24) is 5.32 Å². The molecule has 0 saturated carbocycles. The van der Waals surface area contributed by atoms with Crippen LogP contribution in [0.1, 0.15) is 20.3 Å². The highest BCUT2D eigenvalue weighted by Gasteiger charge is 2.38. The Morgan fingerprint density at radius 3 is 2.86 bits per heavy atom. The van der Waals surface area contributed by atoms with Gasteiger partial charge in [-0.25, -0.2) is 0 Å². The lowest BCUT2D eigenvalue weighted by Crippen LogP contribution is -2.35. The zero-order valence-electron chi connectivity index (χ0n) is 9.13. The fourth-order valence-electron chi connectivity index (χ4n) is 1.58. The largest absolute Gasteiger partial charge is 0.460 e. The van der Waals surface area contributed by atoms with E-state index in [1.807, 2.05) is 13.8 Å². The Kier molecular flexibility index (Phi) is 3.89. The molecule has 82 valence electrons. The van der Waals surface area contributed by atoms with E-state index in [0.29, 0.717) is 13.2 Å². The van der Waals surface area contributed by atoms with Gasteiger partial charge in [-0.3, -0.25) is 4.79 Å². The van der Waals surface area contributed by atoms with Crippen molar-refractivity contribution < 1.29 is 14.3 Å². The first kappa shape index (κ1) is 11.5. The number of esters is 1. The van der Waals surface area contributed by atoms with E-state index >= 15 is 0 Å². The molecular weight excluding hydrogens is 182 g/mol. The highest BCUT2D eigenvalue weighted by Crippen LogP contribution is 2.26. The Bertz CT molecular complexity index is 200. The molecule has 1 rings (SSSR count). The van der Waals surface area contributed by atoms with Crippen LogP contribution in [-0.4, -0.2) is 38.9 Å². The lowest BCUT2D eigenvalue weighted by Gasteiger charge is -2.23. The topological polar surface area (TPSA) is 47.6 Å². The van der Waals surface area contributed by atoms with Crippen molar-refractivity contribution in [2.45, 2.75) is 26.4 Å². The van der Waals surface area contributed by atoms with Crippen LogP contribution in [0.15, 0.2) is 0 Å². The second kappa shape index (κ2) is 4.75. The van der Waals surface area contributed by atoms with Crippen LogP contribution < -0.4 is 5.32 Å². The second-order valence-electron chi connectivity index (χ2n) is 4.16.